The third-order valence-corrected chi connectivity index (χ3v) is 5.83. The third kappa shape index (κ3) is 3.97. The standard InChI is InChI=1S/C22H22N4OS/c1-16-8-9-18(17(2)14-16)15-21(27)26(13-12-25-11-5-10-23-25)22-24-19-6-3-4-7-20(19)28-22/h3-11,14H,12-13,15H2,1-2H3. The van der Waals surface area contributed by atoms with Gasteiger partial charge >= 0.3 is 0 Å². The molecular formula is C22H22N4OS. The van der Waals surface area contributed by atoms with Crippen LogP contribution in [0.15, 0.2) is 60.9 Å². The summed E-state index contributed by atoms with van der Waals surface area (Å²) in [4.78, 5) is 19.8. The number of aryl methyl sites for hydroxylation is 2. The van der Waals surface area contributed by atoms with Crippen LogP contribution in [0.1, 0.15) is 16.7 Å². The Balaban J connectivity index is 1.62. The van der Waals surface area contributed by atoms with Gasteiger partial charge in [0, 0.05) is 18.9 Å². The Hall–Kier alpha value is -2.99. The molecule has 0 bridgehead atoms. The predicted molar refractivity (Wildman–Crippen MR) is 114 cm³/mol. The average molecular weight is 391 g/mol. The maximum absolute atomic E-state index is 13.2. The smallest absolute Gasteiger partial charge is 0.233 e. The van der Waals surface area contributed by atoms with E-state index in [2.05, 4.69) is 31.1 Å². The van der Waals surface area contributed by atoms with Crippen LogP contribution in [-0.4, -0.2) is 27.2 Å². The summed E-state index contributed by atoms with van der Waals surface area (Å²) in [6.45, 7) is 5.28. The number of nitrogens with zero attached hydrogens (tertiary/aromatic N) is 4. The van der Waals surface area contributed by atoms with E-state index in [9.17, 15) is 4.79 Å². The van der Waals surface area contributed by atoms with Crippen molar-refractivity contribution in [3.63, 3.8) is 0 Å². The second-order valence-corrected chi connectivity index (χ2v) is 7.89. The van der Waals surface area contributed by atoms with Crippen LogP contribution >= 0.6 is 11.3 Å². The number of rotatable bonds is 6. The summed E-state index contributed by atoms with van der Waals surface area (Å²) >= 11 is 1.55. The molecule has 4 rings (SSSR count). The van der Waals surface area contributed by atoms with E-state index >= 15 is 0 Å². The number of aromatic nitrogens is 3. The minimum Gasteiger partial charge on any atom is -0.286 e. The summed E-state index contributed by atoms with van der Waals surface area (Å²) in [7, 11) is 0. The molecule has 0 atom stereocenters. The first kappa shape index (κ1) is 18.4. The highest BCUT2D eigenvalue weighted by Gasteiger charge is 2.20. The molecule has 2 aromatic carbocycles. The Morgan fingerprint density at radius 3 is 2.75 bits per heavy atom. The molecule has 0 aliphatic rings. The molecule has 2 aromatic heterocycles. The molecule has 0 radical (unpaired) electrons. The van der Waals surface area contributed by atoms with E-state index in [4.69, 9.17) is 4.98 Å². The van der Waals surface area contributed by atoms with Gasteiger partial charge in [-0.3, -0.25) is 14.4 Å². The predicted octanol–water partition coefficient (Wildman–Crippen LogP) is 4.39. The van der Waals surface area contributed by atoms with Gasteiger partial charge in [0.05, 0.1) is 23.2 Å². The van der Waals surface area contributed by atoms with Crippen molar-refractivity contribution in [1.29, 1.82) is 0 Å². The molecule has 142 valence electrons. The third-order valence-electron chi connectivity index (χ3n) is 4.77. The van der Waals surface area contributed by atoms with Gasteiger partial charge in [0.2, 0.25) is 5.91 Å². The molecule has 5 nitrogen and oxygen atoms in total. The zero-order valence-corrected chi connectivity index (χ0v) is 16.8. The van der Waals surface area contributed by atoms with Gasteiger partial charge in [-0.1, -0.05) is 47.2 Å². The Morgan fingerprint density at radius 2 is 2.00 bits per heavy atom. The molecule has 0 saturated carbocycles. The topological polar surface area (TPSA) is 51.0 Å². The van der Waals surface area contributed by atoms with Gasteiger partial charge in [-0.05, 0) is 43.2 Å². The second kappa shape index (κ2) is 7.94. The van der Waals surface area contributed by atoms with Gasteiger partial charge in [0.1, 0.15) is 0 Å². The van der Waals surface area contributed by atoms with Gasteiger partial charge < -0.3 is 0 Å². The number of para-hydroxylation sites is 1. The average Bonchev–Trinajstić information content (AvgIpc) is 3.33. The number of amides is 1. The van der Waals surface area contributed by atoms with Crippen LogP contribution in [0.2, 0.25) is 0 Å². The summed E-state index contributed by atoms with van der Waals surface area (Å²) in [5.74, 6) is 0.0539. The van der Waals surface area contributed by atoms with Gasteiger partial charge in [0.25, 0.3) is 0 Å². The minimum absolute atomic E-state index is 0.0539. The van der Waals surface area contributed by atoms with E-state index in [-0.39, 0.29) is 5.91 Å². The lowest BCUT2D eigenvalue weighted by Gasteiger charge is -2.20. The van der Waals surface area contributed by atoms with Crippen molar-refractivity contribution in [3.8, 4) is 0 Å². The Labute approximate surface area is 168 Å². The Kier molecular flexibility index (Phi) is 5.21. The summed E-state index contributed by atoms with van der Waals surface area (Å²) < 4.78 is 2.92. The molecule has 1 amide bonds. The lowest BCUT2D eigenvalue weighted by atomic mass is 10.0. The normalized spacial score (nSPS) is 11.1. The van der Waals surface area contributed by atoms with E-state index in [0.717, 1.165) is 26.5 Å². The van der Waals surface area contributed by atoms with Crippen LogP contribution in [0.25, 0.3) is 10.2 Å². The summed E-state index contributed by atoms with van der Waals surface area (Å²) in [5.41, 5.74) is 4.33. The monoisotopic (exact) mass is 390 g/mol. The molecule has 0 aliphatic carbocycles. The fourth-order valence-corrected chi connectivity index (χ4v) is 4.25. The van der Waals surface area contributed by atoms with E-state index in [0.29, 0.717) is 19.5 Å². The SMILES string of the molecule is Cc1ccc(CC(=O)N(CCn2cccn2)c2nc3ccccc3s2)c(C)c1. The molecule has 6 heteroatoms. The maximum Gasteiger partial charge on any atom is 0.233 e. The van der Waals surface area contributed by atoms with E-state index in [1.54, 1.807) is 22.4 Å². The zero-order chi connectivity index (χ0) is 19.5. The number of anilines is 1. The molecule has 28 heavy (non-hydrogen) atoms. The first-order valence-electron chi connectivity index (χ1n) is 9.29. The molecule has 2 heterocycles. The first-order valence-corrected chi connectivity index (χ1v) is 10.1. The second-order valence-electron chi connectivity index (χ2n) is 6.89. The molecule has 0 fully saturated rings. The largest absolute Gasteiger partial charge is 0.286 e. The fraction of sp³-hybridized carbons (Fsp3) is 0.227. The lowest BCUT2D eigenvalue weighted by molar-refractivity contribution is -0.118. The highest BCUT2D eigenvalue weighted by Crippen LogP contribution is 2.29. The summed E-state index contributed by atoms with van der Waals surface area (Å²) in [6, 6.07) is 16.1. The summed E-state index contributed by atoms with van der Waals surface area (Å²) in [6.07, 6.45) is 4.02. The van der Waals surface area contributed by atoms with Gasteiger partial charge in [-0.25, -0.2) is 4.98 Å². The number of benzene rings is 2. The van der Waals surface area contributed by atoms with Crippen molar-refractivity contribution in [2.45, 2.75) is 26.8 Å². The summed E-state index contributed by atoms with van der Waals surface area (Å²) in [5, 5.41) is 4.99. The lowest BCUT2D eigenvalue weighted by Crippen LogP contribution is -2.35. The van der Waals surface area contributed by atoms with Crippen molar-refractivity contribution in [2.75, 3.05) is 11.4 Å². The molecule has 4 aromatic rings. The van der Waals surface area contributed by atoms with Crippen molar-refractivity contribution in [3.05, 3.63) is 77.6 Å². The van der Waals surface area contributed by atoms with Gasteiger partial charge in [-0.15, -0.1) is 0 Å². The van der Waals surface area contributed by atoms with Gasteiger partial charge in [-0.2, -0.15) is 5.10 Å². The molecule has 0 N–H and O–H groups in total. The van der Waals surface area contributed by atoms with Gasteiger partial charge in [0.15, 0.2) is 5.13 Å². The minimum atomic E-state index is 0.0539. The van der Waals surface area contributed by atoms with Crippen LogP contribution < -0.4 is 4.90 Å². The van der Waals surface area contributed by atoms with E-state index in [1.165, 1.54) is 5.56 Å². The number of fused-ring (bicyclic) bond motifs is 1. The maximum atomic E-state index is 13.2. The molecule has 0 saturated heterocycles. The zero-order valence-electron chi connectivity index (χ0n) is 16.0. The van der Waals surface area contributed by atoms with Crippen LogP contribution in [0.5, 0.6) is 0 Å². The van der Waals surface area contributed by atoms with Crippen molar-refractivity contribution >= 4 is 32.6 Å². The number of thiazole rings is 1. The van der Waals surface area contributed by atoms with Crippen molar-refractivity contribution in [1.82, 2.24) is 14.8 Å². The number of carbonyl (C=O) groups is 1. The van der Waals surface area contributed by atoms with Crippen molar-refractivity contribution in [2.24, 2.45) is 0 Å². The highest BCUT2D eigenvalue weighted by atomic mass is 32.1. The molecule has 0 unspecified atom stereocenters. The highest BCUT2D eigenvalue weighted by molar-refractivity contribution is 7.22. The molecule has 0 aliphatic heterocycles. The van der Waals surface area contributed by atoms with E-state index < -0.39 is 0 Å². The van der Waals surface area contributed by atoms with Crippen LogP contribution in [0.3, 0.4) is 0 Å². The number of hydrogen-bond acceptors (Lipinski definition) is 4. The first-order chi connectivity index (χ1) is 13.6. The van der Waals surface area contributed by atoms with E-state index in [1.807, 2.05) is 47.3 Å². The van der Waals surface area contributed by atoms with Crippen LogP contribution in [0.4, 0.5) is 5.13 Å². The Morgan fingerprint density at radius 1 is 1.14 bits per heavy atom. The quantitative estimate of drug-likeness (QED) is 0.491. The molecule has 0 spiro atoms. The molecular weight excluding hydrogens is 368 g/mol. The van der Waals surface area contributed by atoms with Crippen molar-refractivity contribution < 1.29 is 4.79 Å². The van der Waals surface area contributed by atoms with Crippen LogP contribution in [0, 0.1) is 13.8 Å². The number of carbonyl (C=O) groups excluding carboxylic acids is 1. The van der Waals surface area contributed by atoms with Crippen LogP contribution in [-0.2, 0) is 17.8 Å². The Bertz CT molecular complexity index is 1070. The fourth-order valence-electron chi connectivity index (χ4n) is 3.24. The number of hydrogen-bond donors (Lipinski definition) is 0.